The van der Waals surface area contributed by atoms with E-state index >= 15 is 0 Å². The standard InChI is InChI=1S/C14H17N3O3/c18-13(19)10-6-7-17(8-10)14(20)16-12-3-1-2-11(15-12)9-4-5-9/h1-3,9-10H,4-8H2,(H,18,19)(H,15,16,20). The number of aliphatic carboxylic acids is 1. The molecule has 6 nitrogen and oxygen atoms in total. The maximum atomic E-state index is 12.1. The van der Waals surface area contributed by atoms with Gasteiger partial charge in [0.2, 0.25) is 0 Å². The lowest BCUT2D eigenvalue weighted by Crippen LogP contribution is -2.34. The van der Waals surface area contributed by atoms with Gasteiger partial charge in [0.1, 0.15) is 5.82 Å². The third-order valence-electron chi connectivity index (χ3n) is 3.83. The number of carbonyl (C=O) groups excluding carboxylic acids is 1. The normalized spacial score (nSPS) is 21.8. The number of aromatic nitrogens is 1. The molecule has 1 aromatic heterocycles. The van der Waals surface area contributed by atoms with Gasteiger partial charge in [-0.2, -0.15) is 0 Å². The molecule has 2 aliphatic rings. The average Bonchev–Trinajstić information content (AvgIpc) is 3.15. The van der Waals surface area contributed by atoms with Crippen molar-refractivity contribution in [1.29, 1.82) is 0 Å². The van der Waals surface area contributed by atoms with Crippen molar-refractivity contribution in [3.05, 3.63) is 23.9 Å². The summed E-state index contributed by atoms with van der Waals surface area (Å²) in [4.78, 5) is 28.9. The van der Waals surface area contributed by atoms with E-state index in [1.807, 2.05) is 12.1 Å². The molecule has 2 amide bonds. The number of nitrogens with zero attached hydrogens (tertiary/aromatic N) is 2. The lowest BCUT2D eigenvalue weighted by atomic mass is 10.1. The van der Waals surface area contributed by atoms with E-state index in [-0.39, 0.29) is 12.6 Å². The Morgan fingerprint density at radius 2 is 2.10 bits per heavy atom. The number of likely N-dealkylation sites (tertiary alicyclic amines) is 1. The highest BCUT2D eigenvalue weighted by Crippen LogP contribution is 2.39. The van der Waals surface area contributed by atoms with Crippen molar-refractivity contribution in [3.8, 4) is 0 Å². The van der Waals surface area contributed by atoms with Gasteiger partial charge in [-0.05, 0) is 31.4 Å². The van der Waals surface area contributed by atoms with Crippen LogP contribution in [0.2, 0.25) is 0 Å². The topological polar surface area (TPSA) is 82.5 Å². The molecular formula is C14H17N3O3. The molecule has 1 saturated carbocycles. The average molecular weight is 275 g/mol. The molecule has 3 rings (SSSR count). The zero-order valence-electron chi connectivity index (χ0n) is 11.1. The van der Waals surface area contributed by atoms with Crippen LogP contribution in [-0.2, 0) is 4.79 Å². The molecule has 2 N–H and O–H groups in total. The van der Waals surface area contributed by atoms with Crippen molar-refractivity contribution >= 4 is 17.8 Å². The summed E-state index contributed by atoms with van der Waals surface area (Å²) in [7, 11) is 0. The number of anilines is 1. The lowest BCUT2D eigenvalue weighted by Gasteiger charge is -2.16. The van der Waals surface area contributed by atoms with Crippen molar-refractivity contribution < 1.29 is 14.7 Å². The Labute approximate surface area is 116 Å². The Hall–Kier alpha value is -2.11. The van der Waals surface area contributed by atoms with Gasteiger partial charge >= 0.3 is 12.0 Å². The van der Waals surface area contributed by atoms with E-state index in [9.17, 15) is 9.59 Å². The van der Waals surface area contributed by atoms with Crippen LogP contribution in [0.1, 0.15) is 30.9 Å². The number of carboxylic acids is 1. The van der Waals surface area contributed by atoms with E-state index < -0.39 is 11.9 Å². The van der Waals surface area contributed by atoms with Gasteiger partial charge in [-0.1, -0.05) is 6.07 Å². The van der Waals surface area contributed by atoms with Crippen molar-refractivity contribution in [1.82, 2.24) is 9.88 Å². The number of carboxylic acid groups (broad SMARTS) is 1. The monoisotopic (exact) mass is 275 g/mol. The maximum absolute atomic E-state index is 12.1. The minimum Gasteiger partial charge on any atom is -0.481 e. The smallest absolute Gasteiger partial charge is 0.323 e. The van der Waals surface area contributed by atoms with E-state index in [0.717, 1.165) is 18.5 Å². The van der Waals surface area contributed by atoms with Crippen LogP contribution in [0.25, 0.3) is 0 Å². The van der Waals surface area contributed by atoms with Crippen molar-refractivity contribution in [3.63, 3.8) is 0 Å². The molecule has 1 unspecified atom stereocenters. The number of nitrogens with one attached hydrogen (secondary N) is 1. The first-order chi connectivity index (χ1) is 9.63. The second kappa shape index (κ2) is 5.11. The van der Waals surface area contributed by atoms with E-state index in [2.05, 4.69) is 10.3 Å². The molecule has 0 bridgehead atoms. The van der Waals surface area contributed by atoms with Gasteiger partial charge in [-0.3, -0.25) is 10.1 Å². The highest BCUT2D eigenvalue weighted by Gasteiger charge is 2.31. The van der Waals surface area contributed by atoms with Gasteiger partial charge in [-0.25, -0.2) is 9.78 Å². The van der Waals surface area contributed by atoms with Gasteiger partial charge in [-0.15, -0.1) is 0 Å². The van der Waals surface area contributed by atoms with Crippen molar-refractivity contribution in [2.45, 2.75) is 25.2 Å². The summed E-state index contributed by atoms with van der Waals surface area (Å²) in [6.07, 6.45) is 2.84. The molecule has 1 aliphatic heterocycles. The highest BCUT2D eigenvalue weighted by atomic mass is 16.4. The summed E-state index contributed by atoms with van der Waals surface area (Å²) in [6.45, 7) is 0.745. The number of carbonyl (C=O) groups is 2. The fraction of sp³-hybridized carbons (Fsp3) is 0.500. The second-order valence-corrected chi connectivity index (χ2v) is 5.42. The van der Waals surface area contributed by atoms with Gasteiger partial charge < -0.3 is 10.0 Å². The number of hydrogen-bond donors (Lipinski definition) is 2. The van der Waals surface area contributed by atoms with Gasteiger partial charge in [0, 0.05) is 24.7 Å². The van der Waals surface area contributed by atoms with E-state index in [1.54, 1.807) is 6.07 Å². The van der Waals surface area contributed by atoms with E-state index in [0.29, 0.717) is 24.7 Å². The predicted molar refractivity (Wildman–Crippen MR) is 72.5 cm³/mol. The first-order valence-corrected chi connectivity index (χ1v) is 6.89. The fourth-order valence-corrected chi connectivity index (χ4v) is 2.46. The van der Waals surface area contributed by atoms with Crippen molar-refractivity contribution in [2.24, 2.45) is 5.92 Å². The Balaban J connectivity index is 1.61. The van der Waals surface area contributed by atoms with Crippen LogP contribution >= 0.6 is 0 Å². The minimum atomic E-state index is -0.839. The third kappa shape index (κ3) is 2.74. The molecule has 1 saturated heterocycles. The zero-order chi connectivity index (χ0) is 14.1. The van der Waals surface area contributed by atoms with Gasteiger partial charge in [0.25, 0.3) is 0 Å². The van der Waals surface area contributed by atoms with Gasteiger partial charge in [0.05, 0.1) is 5.92 Å². The number of pyridine rings is 1. The van der Waals surface area contributed by atoms with E-state index in [4.69, 9.17) is 5.11 Å². The fourth-order valence-electron chi connectivity index (χ4n) is 2.46. The second-order valence-electron chi connectivity index (χ2n) is 5.42. The van der Waals surface area contributed by atoms with Crippen LogP contribution in [0.15, 0.2) is 18.2 Å². The van der Waals surface area contributed by atoms with Crippen LogP contribution in [0.4, 0.5) is 10.6 Å². The number of urea groups is 1. The summed E-state index contributed by atoms with van der Waals surface area (Å²) in [5.74, 6) is -0.214. The minimum absolute atomic E-state index is 0.267. The Kier molecular flexibility index (Phi) is 3.30. The molecule has 0 radical (unpaired) electrons. The van der Waals surface area contributed by atoms with E-state index in [1.165, 1.54) is 4.90 Å². The summed E-state index contributed by atoms with van der Waals surface area (Å²) >= 11 is 0. The molecule has 2 fully saturated rings. The maximum Gasteiger partial charge on any atom is 0.323 e. The molecule has 1 aliphatic carbocycles. The molecule has 106 valence electrons. The first-order valence-electron chi connectivity index (χ1n) is 6.89. The van der Waals surface area contributed by atoms with Crippen LogP contribution in [0.5, 0.6) is 0 Å². The number of rotatable bonds is 3. The summed E-state index contributed by atoms with van der Waals surface area (Å²) in [5.41, 5.74) is 1.02. The largest absolute Gasteiger partial charge is 0.481 e. The molecule has 0 spiro atoms. The SMILES string of the molecule is O=C(O)C1CCN(C(=O)Nc2cccc(C3CC3)n2)C1. The Bertz CT molecular complexity index is 542. The molecule has 20 heavy (non-hydrogen) atoms. The van der Waals surface area contributed by atoms with Crippen molar-refractivity contribution in [2.75, 3.05) is 18.4 Å². The molecule has 0 aromatic carbocycles. The van der Waals surface area contributed by atoms with Crippen LogP contribution in [-0.4, -0.2) is 40.1 Å². The first kappa shape index (κ1) is 12.9. The lowest BCUT2D eigenvalue weighted by molar-refractivity contribution is -0.141. The summed E-state index contributed by atoms with van der Waals surface area (Å²) in [5, 5.41) is 11.7. The highest BCUT2D eigenvalue weighted by molar-refractivity contribution is 5.89. The number of amides is 2. The van der Waals surface area contributed by atoms with Gasteiger partial charge in [0.15, 0.2) is 0 Å². The van der Waals surface area contributed by atoms with Crippen LogP contribution in [0, 0.1) is 5.92 Å². The predicted octanol–water partition coefficient (Wildman–Crippen LogP) is 1.90. The van der Waals surface area contributed by atoms with Crippen LogP contribution in [0.3, 0.4) is 0 Å². The molecule has 2 heterocycles. The summed E-state index contributed by atoms with van der Waals surface area (Å²) in [6, 6.07) is 5.35. The third-order valence-corrected chi connectivity index (χ3v) is 3.83. The molecule has 1 aromatic rings. The quantitative estimate of drug-likeness (QED) is 0.882. The Morgan fingerprint density at radius 3 is 2.75 bits per heavy atom. The van der Waals surface area contributed by atoms with Crippen LogP contribution < -0.4 is 5.32 Å². The zero-order valence-corrected chi connectivity index (χ0v) is 11.1. The molecule has 6 heteroatoms. The Morgan fingerprint density at radius 1 is 1.30 bits per heavy atom. The molecular weight excluding hydrogens is 258 g/mol. The summed E-state index contributed by atoms with van der Waals surface area (Å²) < 4.78 is 0. The molecule has 1 atom stereocenters. The number of hydrogen-bond acceptors (Lipinski definition) is 3.